The normalized spacial score (nSPS) is 25.6. The fourth-order valence-electron chi connectivity index (χ4n) is 2.13. The first-order valence-corrected chi connectivity index (χ1v) is 6.48. The van der Waals surface area contributed by atoms with Crippen molar-refractivity contribution < 1.29 is 9.53 Å². The Bertz CT molecular complexity index is 374. The first-order valence-electron chi connectivity index (χ1n) is 6.48. The third-order valence-electron chi connectivity index (χ3n) is 3.19. The molecule has 7 heteroatoms. The van der Waals surface area contributed by atoms with Crippen LogP contribution in [0.15, 0.2) is 17.5 Å². The van der Waals surface area contributed by atoms with Gasteiger partial charge in [-0.3, -0.25) is 4.79 Å². The van der Waals surface area contributed by atoms with Crippen molar-refractivity contribution in [1.29, 1.82) is 0 Å². The van der Waals surface area contributed by atoms with Gasteiger partial charge in [-0.15, -0.1) is 0 Å². The molecular formula is C12H21N5O2. The highest BCUT2D eigenvalue weighted by molar-refractivity contribution is 5.73. The Morgan fingerprint density at radius 1 is 1.53 bits per heavy atom. The molecule has 0 saturated carbocycles. The molecule has 0 unspecified atom stereocenters. The number of likely N-dealkylation sites (N-methyl/N-ethyl adjacent to an activating group) is 1. The molecule has 0 aliphatic carbocycles. The van der Waals surface area contributed by atoms with E-state index in [1.807, 2.05) is 0 Å². The van der Waals surface area contributed by atoms with Crippen LogP contribution in [0.1, 0.15) is 20.8 Å². The second-order valence-electron chi connectivity index (χ2n) is 4.41. The van der Waals surface area contributed by atoms with Crippen LogP contribution in [0.5, 0.6) is 0 Å². The molecule has 0 aromatic heterocycles. The van der Waals surface area contributed by atoms with Gasteiger partial charge in [0, 0.05) is 18.4 Å². The van der Waals surface area contributed by atoms with E-state index in [-0.39, 0.29) is 18.1 Å². The van der Waals surface area contributed by atoms with Crippen molar-refractivity contribution in [1.82, 2.24) is 10.2 Å². The highest BCUT2D eigenvalue weighted by Gasteiger charge is 2.33. The monoisotopic (exact) mass is 267 g/mol. The van der Waals surface area contributed by atoms with Crippen molar-refractivity contribution in [2.24, 2.45) is 5.11 Å². The Morgan fingerprint density at radius 2 is 2.21 bits per heavy atom. The zero-order chi connectivity index (χ0) is 14.3. The summed E-state index contributed by atoms with van der Waals surface area (Å²) in [6.45, 7) is 8.07. The van der Waals surface area contributed by atoms with Crippen LogP contribution >= 0.6 is 0 Å². The fourth-order valence-corrected chi connectivity index (χ4v) is 2.13. The molecule has 0 bridgehead atoms. The number of hydrogen-bond donors (Lipinski definition) is 1. The van der Waals surface area contributed by atoms with E-state index in [0.717, 1.165) is 13.1 Å². The van der Waals surface area contributed by atoms with Crippen molar-refractivity contribution in [2.75, 3.05) is 19.6 Å². The van der Waals surface area contributed by atoms with E-state index in [1.54, 1.807) is 12.3 Å². The van der Waals surface area contributed by atoms with Gasteiger partial charge in [-0.2, -0.15) is 0 Å². The number of carbonyl (C=O) groups is 1. The van der Waals surface area contributed by atoms with Gasteiger partial charge in [-0.25, -0.2) is 0 Å². The zero-order valence-electron chi connectivity index (χ0n) is 11.6. The lowest BCUT2D eigenvalue weighted by Gasteiger charge is -2.35. The van der Waals surface area contributed by atoms with Crippen molar-refractivity contribution in [3.05, 3.63) is 22.8 Å². The van der Waals surface area contributed by atoms with E-state index in [1.165, 1.54) is 6.92 Å². The molecule has 106 valence electrons. The van der Waals surface area contributed by atoms with Crippen LogP contribution in [0.2, 0.25) is 0 Å². The molecule has 0 saturated heterocycles. The number of ether oxygens (including phenoxy) is 1. The standard InChI is InChI=1S/C12H21N5O2/c1-4-17(5-2)8-11-12(14-9(3)18)10(15-16-13)6-7-19-11/h6-7,10-12H,4-5,8H2,1-3H3,(H,14,18)/t10-,11-,12+/m0/s1. The average molecular weight is 267 g/mol. The van der Waals surface area contributed by atoms with Crippen LogP contribution in [-0.2, 0) is 9.53 Å². The number of carbonyl (C=O) groups excluding carboxylic acids is 1. The molecule has 1 amide bonds. The maximum absolute atomic E-state index is 11.3. The lowest BCUT2D eigenvalue weighted by molar-refractivity contribution is -0.121. The van der Waals surface area contributed by atoms with E-state index >= 15 is 0 Å². The van der Waals surface area contributed by atoms with Gasteiger partial charge in [0.1, 0.15) is 6.10 Å². The van der Waals surface area contributed by atoms with Gasteiger partial charge in [0.25, 0.3) is 0 Å². The van der Waals surface area contributed by atoms with Crippen molar-refractivity contribution in [3.63, 3.8) is 0 Å². The summed E-state index contributed by atoms with van der Waals surface area (Å²) in [4.78, 5) is 16.3. The summed E-state index contributed by atoms with van der Waals surface area (Å²) in [5.41, 5.74) is 8.59. The number of rotatable bonds is 6. The fraction of sp³-hybridized carbons (Fsp3) is 0.750. The van der Waals surface area contributed by atoms with Crippen molar-refractivity contribution in [3.8, 4) is 0 Å². The molecule has 1 aliphatic rings. The van der Waals surface area contributed by atoms with E-state index in [9.17, 15) is 4.79 Å². The van der Waals surface area contributed by atoms with Gasteiger partial charge in [0.15, 0.2) is 0 Å². The van der Waals surface area contributed by atoms with Crippen molar-refractivity contribution in [2.45, 2.75) is 39.0 Å². The molecule has 0 radical (unpaired) electrons. The van der Waals surface area contributed by atoms with Crippen LogP contribution in [0, 0.1) is 0 Å². The molecule has 0 aromatic carbocycles. The number of amides is 1. The number of nitrogens with zero attached hydrogens (tertiary/aromatic N) is 4. The predicted molar refractivity (Wildman–Crippen MR) is 72.3 cm³/mol. The minimum atomic E-state index is -0.414. The van der Waals surface area contributed by atoms with E-state index in [0.29, 0.717) is 6.54 Å². The van der Waals surface area contributed by atoms with Crippen molar-refractivity contribution >= 4 is 5.91 Å². The molecule has 1 N–H and O–H groups in total. The van der Waals surface area contributed by atoms with Crippen LogP contribution < -0.4 is 5.32 Å². The lowest BCUT2D eigenvalue weighted by atomic mass is 10.00. The largest absolute Gasteiger partial charge is 0.495 e. The highest BCUT2D eigenvalue weighted by Crippen LogP contribution is 2.17. The summed E-state index contributed by atoms with van der Waals surface area (Å²) >= 11 is 0. The maximum atomic E-state index is 11.3. The molecule has 3 atom stereocenters. The minimum absolute atomic E-state index is 0.161. The van der Waals surface area contributed by atoms with Gasteiger partial charge in [0.05, 0.1) is 18.3 Å². The van der Waals surface area contributed by atoms with Crippen LogP contribution in [0.25, 0.3) is 10.4 Å². The predicted octanol–water partition coefficient (Wildman–Crippen LogP) is 1.42. The van der Waals surface area contributed by atoms with Crippen LogP contribution in [0.3, 0.4) is 0 Å². The molecule has 7 nitrogen and oxygen atoms in total. The molecule has 1 rings (SSSR count). The summed E-state index contributed by atoms with van der Waals surface area (Å²) in [7, 11) is 0. The number of hydrogen-bond acceptors (Lipinski definition) is 4. The molecule has 1 heterocycles. The molecule has 0 fully saturated rings. The third kappa shape index (κ3) is 4.46. The van der Waals surface area contributed by atoms with Crippen LogP contribution in [-0.4, -0.2) is 48.6 Å². The Labute approximate surface area is 113 Å². The van der Waals surface area contributed by atoms with Gasteiger partial charge < -0.3 is 15.0 Å². The van der Waals surface area contributed by atoms with Crippen LogP contribution in [0.4, 0.5) is 0 Å². The Kier molecular flexibility index (Phi) is 6.18. The Morgan fingerprint density at radius 3 is 2.74 bits per heavy atom. The topological polar surface area (TPSA) is 90.3 Å². The molecule has 19 heavy (non-hydrogen) atoms. The first-order chi connectivity index (χ1) is 9.12. The SMILES string of the molecule is CCN(CC)C[C@@H]1OC=C[C@H](N=[N+]=[N-])[C@H]1NC(C)=O. The van der Waals surface area contributed by atoms with Gasteiger partial charge >= 0.3 is 0 Å². The third-order valence-corrected chi connectivity index (χ3v) is 3.19. The van der Waals surface area contributed by atoms with E-state index in [4.69, 9.17) is 10.3 Å². The zero-order valence-corrected chi connectivity index (χ0v) is 11.6. The number of azide groups is 1. The summed E-state index contributed by atoms with van der Waals surface area (Å²) in [6, 6.07) is -0.748. The molecule has 1 aliphatic heterocycles. The van der Waals surface area contributed by atoms with Gasteiger partial charge in [-0.05, 0) is 24.7 Å². The Balaban J connectivity index is 2.84. The molecule has 0 aromatic rings. The maximum Gasteiger partial charge on any atom is 0.217 e. The smallest absolute Gasteiger partial charge is 0.217 e. The number of nitrogens with one attached hydrogen (secondary N) is 1. The van der Waals surface area contributed by atoms with E-state index < -0.39 is 6.04 Å². The summed E-state index contributed by atoms with van der Waals surface area (Å²) in [6.07, 6.45) is 2.99. The molecule has 0 spiro atoms. The Hall–Kier alpha value is -1.72. The summed E-state index contributed by atoms with van der Waals surface area (Å²) < 4.78 is 5.58. The highest BCUT2D eigenvalue weighted by atomic mass is 16.5. The second-order valence-corrected chi connectivity index (χ2v) is 4.41. The lowest BCUT2D eigenvalue weighted by Crippen LogP contribution is -2.54. The quantitative estimate of drug-likeness (QED) is 0.448. The van der Waals surface area contributed by atoms with Gasteiger partial charge in [0.2, 0.25) is 5.91 Å². The van der Waals surface area contributed by atoms with E-state index in [2.05, 4.69) is 34.1 Å². The van der Waals surface area contributed by atoms with Gasteiger partial charge in [-0.1, -0.05) is 19.0 Å². The minimum Gasteiger partial charge on any atom is -0.495 e. The molecular weight excluding hydrogens is 246 g/mol. The average Bonchev–Trinajstić information content (AvgIpc) is 2.39. The first kappa shape index (κ1) is 15.3. The second kappa shape index (κ2) is 7.66. The summed E-state index contributed by atoms with van der Waals surface area (Å²) in [5, 5.41) is 6.52. The summed E-state index contributed by atoms with van der Waals surface area (Å²) in [5.74, 6) is -0.161.